The molecule has 0 bridgehead atoms. The van der Waals surface area contributed by atoms with Gasteiger partial charge in [0, 0.05) is 50.8 Å². The smallest absolute Gasteiger partial charge is 0.243 e. The Labute approximate surface area is 194 Å². The van der Waals surface area contributed by atoms with Crippen molar-refractivity contribution >= 4 is 47.6 Å². The lowest BCUT2D eigenvalue weighted by molar-refractivity contribution is -0.127. The average molecular weight is 531 g/mol. The topological polar surface area (TPSA) is 87.4 Å². The lowest BCUT2D eigenvalue weighted by Crippen LogP contribution is -2.41. The first-order valence-corrected chi connectivity index (χ1v) is 10.4. The van der Waals surface area contributed by atoms with Gasteiger partial charge in [-0.15, -0.1) is 45.9 Å². The number of rotatable bonds is 10. The van der Waals surface area contributed by atoms with Crippen LogP contribution in [0.2, 0.25) is 0 Å². The van der Waals surface area contributed by atoms with E-state index in [9.17, 15) is 4.79 Å². The van der Waals surface area contributed by atoms with Gasteiger partial charge < -0.3 is 20.1 Å². The number of guanidine groups is 1. The maximum absolute atomic E-state index is 11.8. The van der Waals surface area contributed by atoms with Crippen LogP contribution in [0.3, 0.4) is 0 Å². The molecule has 0 spiro atoms. The van der Waals surface area contributed by atoms with Gasteiger partial charge in [-0.3, -0.25) is 4.79 Å². The third-order valence-corrected chi connectivity index (χ3v) is 4.95. The largest absolute Gasteiger partial charge is 0.356 e. The number of nitrogens with one attached hydrogen (secondary N) is 2. The molecule has 1 aromatic carbocycles. The molecule has 8 nitrogen and oxygen atoms in total. The molecule has 0 aliphatic carbocycles. The number of halogens is 1. The van der Waals surface area contributed by atoms with Crippen LogP contribution in [0.5, 0.6) is 0 Å². The quantitative estimate of drug-likeness (QED) is 0.160. The lowest BCUT2D eigenvalue weighted by atomic mass is 10.4. The minimum atomic E-state index is -0.0353. The highest BCUT2D eigenvalue weighted by molar-refractivity contribution is 14.0. The fraction of sp³-hybridized carbons (Fsp3) is 0.474. The molecule has 0 radical (unpaired) electrons. The van der Waals surface area contributed by atoms with Crippen molar-refractivity contribution in [2.45, 2.75) is 24.8 Å². The summed E-state index contributed by atoms with van der Waals surface area (Å²) >= 11 is 1.78. The summed E-state index contributed by atoms with van der Waals surface area (Å²) in [5.74, 6) is 2.45. The maximum atomic E-state index is 11.8. The number of hydrogen-bond donors (Lipinski definition) is 2. The molecule has 2 N–H and O–H groups in total. The second kappa shape index (κ2) is 14.2. The first-order valence-electron chi connectivity index (χ1n) is 9.37. The Bertz CT molecular complexity index is 752. The number of carbonyl (C=O) groups excluding carboxylic acids is 1. The zero-order valence-corrected chi connectivity index (χ0v) is 20.3. The van der Waals surface area contributed by atoms with E-state index in [-0.39, 0.29) is 36.4 Å². The van der Waals surface area contributed by atoms with E-state index in [0.717, 1.165) is 31.1 Å². The highest BCUT2D eigenvalue weighted by Gasteiger charge is 2.06. The summed E-state index contributed by atoms with van der Waals surface area (Å²) in [6.45, 7) is 4.31. The third-order valence-electron chi connectivity index (χ3n) is 3.93. The van der Waals surface area contributed by atoms with Crippen LogP contribution >= 0.6 is 35.7 Å². The van der Waals surface area contributed by atoms with E-state index in [4.69, 9.17) is 0 Å². The van der Waals surface area contributed by atoms with Crippen LogP contribution < -0.4 is 10.6 Å². The molecule has 29 heavy (non-hydrogen) atoms. The number of likely N-dealkylation sites (N-methyl/N-ethyl adjacent to an activating group) is 1. The zero-order valence-electron chi connectivity index (χ0n) is 17.2. The number of benzene rings is 1. The van der Waals surface area contributed by atoms with E-state index in [1.165, 1.54) is 9.80 Å². The summed E-state index contributed by atoms with van der Waals surface area (Å²) < 4.78 is 2.01. The summed E-state index contributed by atoms with van der Waals surface area (Å²) in [6, 6.07) is 10.3. The van der Waals surface area contributed by atoms with Gasteiger partial charge in [0.2, 0.25) is 5.91 Å². The molecule has 0 atom stereocenters. The van der Waals surface area contributed by atoms with E-state index in [1.54, 1.807) is 32.2 Å². The van der Waals surface area contributed by atoms with Crippen molar-refractivity contribution in [1.29, 1.82) is 0 Å². The number of aromatic nitrogens is 3. The SMILES string of the molecule is CCc1nncn1CCNC(=NCC(=O)N(C)C)NCCSc1ccccc1.I. The molecule has 2 aromatic rings. The third kappa shape index (κ3) is 9.48. The Morgan fingerprint density at radius 3 is 2.62 bits per heavy atom. The second-order valence-electron chi connectivity index (χ2n) is 6.26. The van der Waals surface area contributed by atoms with Crippen LogP contribution in [0.4, 0.5) is 0 Å². The first-order chi connectivity index (χ1) is 13.6. The van der Waals surface area contributed by atoms with Crippen molar-refractivity contribution in [1.82, 2.24) is 30.3 Å². The molecule has 1 amide bonds. The van der Waals surface area contributed by atoms with Gasteiger partial charge in [0.25, 0.3) is 0 Å². The van der Waals surface area contributed by atoms with Crippen molar-refractivity contribution in [2.24, 2.45) is 4.99 Å². The predicted molar refractivity (Wildman–Crippen MR) is 129 cm³/mol. The van der Waals surface area contributed by atoms with Gasteiger partial charge in [0.1, 0.15) is 18.7 Å². The highest BCUT2D eigenvalue weighted by Crippen LogP contribution is 2.15. The standard InChI is InChI=1S/C19H29N7OS.HI/c1-4-17-24-23-15-26(17)12-10-20-19(22-14-18(27)25(2)3)21-11-13-28-16-8-6-5-7-9-16;/h5-9,15H,4,10-14H2,1-3H3,(H2,20,21,22);1H. The van der Waals surface area contributed by atoms with Gasteiger partial charge in [0.05, 0.1) is 0 Å². The maximum Gasteiger partial charge on any atom is 0.243 e. The minimum absolute atomic E-state index is 0. The average Bonchev–Trinajstić information content (AvgIpc) is 3.16. The Kier molecular flexibility index (Phi) is 12.4. The number of hydrogen-bond acceptors (Lipinski definition) is 5. The number of aliphatic imine (C=N–C) groups is 1. The molecular weight excluding hydrogens is 501 g/mol. The Morgan fingerprint density at radius 2 is 1.93 bits per heavy atom. The molecule has 0 unspecified atom stereocenters. The van der Waals surface area contributed by atoms with E-state index < -0.39 is 0 Å². The van der Waals surface area contributed by atoms with E-state index in [0.29, 0.717) is 12.5 Å². The predicted octanol–water partition coefficient (Wildman–Crippen LogP) is 1.87. The monoisotopic (exact) mass is 531 g/mol. The molecule has 1 heterocycles. The highest BCUT2D eigenvalue weighted by atomic mass is 127. The van der Waals surface area contributed by atoms with Gasteiger partial charge >= 0.3 is 0 Å². The summed E-state index contributed by atoms with van der Waals surface area (Å²) in [7, 11) is 3.46. The zero-order chi connectivity index (χ0) is 20.2. The van der Waals surface area contributed by atoms with Crippen LogP contribution in [0.1, 0.15) is 12.7 Å². The van der Waals surface area contributed by atoms with Crippen molar-refractivity contribution < 1.29 is 4.79 Å². The first kappa shape index (κ1) is 25.2. The Balaban J connectivity index is 0.00000420. The summed E-state index contributed by atoms with van der Waals surface area (Å²) in [4.78, 5) is 19.0. The van der Waals surface area contributed by atoms with Crippen LogP contribution in [0, 0.1) is 0 Å². The number of nitrogens with zero attached hydrogens (tertiary/aromatic N) is 5. The fourth-order valence-corrected chi connectivity index (χ4v) is 3.14. The van der Waals surface area contributed by atoms with Gasteiger partial charge in [0.15, 0.2) is 5.96 Å². The van der Waals surface area contributed by atoms with Crippen molar-refractivity contribution in [2.75, 3.05) is 39.5 Å². The van der Waals surface area contributed by atoms with Gasteiger partial charge in [-0.2, -0.15) is 0 Å². The van der Waals surface area contributed by atoms with E-state index in [1.807, 2.05) is 22.8 Å². The fourth-order valence-electron chi connectivity index (χ4n) is 2.35. The summed E-state index contributed by atoms with van der Waals surface area (Å²) in [5, 5.41) is 14.6. The van der Waals surface area contributed by atoms with Crippen LogP contribution in [0.15, 0.2) is 46.5 Å². The minimum Gasteiger partial charge on any atom is -0.356 e. The molecule has 0 aliphatic heterocycles. The van der Waals surface area contributed by atoms with Crippen LogP contribution in [-0.4, -0.2) is 71.0 Å². The molecule has 1 aromatic heterocycles. The molecule has 10 heteroatoms. The van der Waals surface area contributed by atoms with E-state index in [2.05, 4.69) is 44.9 Å². The number of amides is 1. The lowest BCUT2D eigenvalue weighted by Gasteiger charge is -2.14. The molecule has 0 saturated carbocycles. The van der Waals surface area contributed by atoms with Gasteiger partial charge in [-0.05, 0) is 12.1 Å². The Morgan fingerprint density at radius 1 is 1.21 bits per heavy atom. The summed E-state index contributed by atoms with van der Waals surface area (Å²) in [6.07, 6.45) is 2.57. The molecule has 160 valence electrons. The molecule has 0 aliphatic rings. The summed E-state index contributed by atoms with van der Waals surface area (Å²) in [5.41, 5.74) is 0. The number of carbonyl (C=O) groups is 1. The van der Waals surface area contributed by atoms with Crippen LogP contribution in [0.25, 0.3) is 0 Å². The van der Waals surface area contributed by atoms with Crippen molar-refractivity contribution in [3.8, 4) is 0 Å². The number of thioether (sulfide) groups is 1. The molecule has 0 fully saturated rings. The molecular formula is C19H30IN7OS. The number of aryl methyl sites for hydroxylation is 1. The Hall–Kier alpha value is -1.82. The van der Waals surface area contributed by atoms with Gasteiger partial charge in [-0.1, -0.05) is 25.1 Å². The van der Waals surface area contributed by atoms with Crippen LogP contribution in [-0.2, 0) is 17.8 Å². The second-order valence-corrected chi connectivity index (χ2v) is 7.43. The van der Waals surface area contributed by atoms with Crippen molar-refractivity contribution in [3.63, 3.8) is 0 Å². The van der Waals surface area contributed by atoms with E-state index >= 15 is 0 Å². The van der Waals surface area contributed by atoms with Gasteiger partial charge in [-0.25, -0.2) is 4.99 Å². The molecule has 0 saturated heterocycles. The normalized spacial score (nSPS) is 10.9. The molecule has 2 rings (SSSR count). The van der Waals surface area contributed by atoms with Crippen molar-refractivity contribution in [3.05, 3.63) is 42.5 Å².